The van der Waals surface area contributed by atoms with Crippen LogP contribution in [0.5, 0.6) is 11.6 Å². The predicted molar refractivity (Wildman–Crippen MR) is 77.6 cm³/mol. The third-order valence-corrected chi connectivity index (χ3v) is 3.00. The Morgan fingerprint density at radius 3 is 2.60 bits per heavy atom. The maximum atomic E-state index is 5.69. The zero-order valence-electron chi connectivity index (χ0n) is 11.7. The first-order valence-electron chi connectivity index (χ1n) is 6.48. The summed E-state index contributed by atoms with van der Waals surface area (Å²) in [7, 11) is 1.59. The Morgan fingerprint density at radius 1 is 1.25 bits per heavy atom. The van der Waals surface area contributed by atoms with Crippen molar-refractivity contribution in [3.05, 3.63) is 53.7 Å². The Balaban J connectivity index is 2.31. The summed E-state index contributed by atoms with van der Waals surface area (Å²) in [5.74, 6) is 7.09. The number of hydrogen-bond acceptors (Lipinski definition) is 5. The minimum atomic E-state index is -0.186. The molecule has 5 heteroatoms. The Bertz CT molecular complexity index is 543. The number of rotatable bonds is 6. The molecule has 0 aliphatic rings. The maximum Gasteiger partial charge on any atom is 0.218 e. The lowest BCUT2D eigenvalue weighted by Gasteiger charge is -2.19. The largest absolute Gasteiger partial charge is 0.494 e. The molecular formula is C15H19N3O2. The number of ether oxygens (including phenoxy) is 2. The lowest BCUT2D eigenvalue weighted by Crippen LogP contribution is -2.29. The van der Waals surface area contributed by atoms with E-state index in [-0.39, 0.29) is 6.04 Å². The van der Waals surface area contributed by atoms with Crippen molar-refractivity contribution in [3.63, 3.8) is 0 Å². The average Bonchev–Trinajstić information content (AvgIpc) is 2.50. The summed E-state index contributed by atoms with van der Waals surface area (Å²) in [6, 6.07) is 11.4. The van der Waals surface area contributed by atoms with Gasteiger partial charge in [0, 0.05) is 11.8 Å². The van der Waals surface area contributed by atoms with Crippen LogP contribution in [0.25, 0.3) is 0 Å². The second-order valence-corrected chi connectivity index (χ2v) is 4.20. The monoisotopic (exact) mass is 273 g/mol. The molecule has 1 unspecified atom stereocenters. The van der Waals surface area contributed by atoms with Crippen molar-refractivity contribution in [2.75, 3.05) is 13.7 Å². The van der Waals surface area contributed by atoms with Crippen molar-refractivity contribution >= 4 is 0 Å². The fourth-order valence-corrected chi connectivity index (χ4v) is 2.08. The van der Waals surface area contributed by atoms with Crippen molar-refractivity contribution in [1.82, 2.24) is 10.4 Å². The molecule has 5 nitrogen and oxygen atoms in total. The molecule has 0 bridgehead atoms. The number of nitrogens with one attached hydrogen (secondary N) is 1. The van der Waals surface area contributed by atoms with Crippen LogP contribution >= 0.6 is 0 Å². The molecule has 2 rings (SSSR count). The van der Waals surface area contributed by atoms with Gasteiger partial charge in [0.25, 0.3) is 0 Å². The minimum absolute atomic E-state index is 0.186. The first kappa shape index (κ1) is 14.3. The first-order chi connectivity index (χ1) is 9.80. The molecule has 0 spiro atoms. The molecule has 3 N–H and O–H groups in total. The van der Waals surface area contributed by atoms with E-state index in [0.29, 0.717) is 12.5 Å². The van der Waals surface area contributed by atoms with Crippen molar-refractivity contribution in [3.8, 4) is 11.6 Å². The maximum absolute atomic E-state index is 5.69. The Morgan fingerprint density at radius 2 is 2.00 bits per heavy atom. The van der Waals surface area contributed by atoms with Crippen LogP contribution in [0.4, 0.5) is 0 Å². The van der Waals surface area contributed by atoms with Gasteiger partial charge in [-0.1, -0.05) is 18.2 Å². The van der Waals surface area contributed by atoms with E-state index in [0.717, 1.165) is 16.9 Å². The molecule has 1 aromatic heterocycles. The lowest BCUT2D eigenvalue weighted by atomic mass is 10.0. The van der Waals surface area contributed by atoms with E-state index >= 15 is 0 Å². The lowest BCUT2D eigenvalue weighted by molar-refractivity contribution is 0.340. The van der Waals surface area contributed by atoms with Crippen LogP contribution in [0.15, 0.2) is 42.6 Å². The number of nitrogens with zero attached hydrogens (tertiary/aromatic N) is 1. The van der Waals surface area contributed by atoms with Crippen LogP contribution in [0, 0.1) is 0 Å². The van der Waals surface area contributed by atoms with Gasteiger partial charge < -0.3 is 9.47 Å². The fraction of sp³-hybridized carbons (Fsp3) is 0.267. The van der Waals surface area contributed by atoms with Crippen molar-refractivity contribution in [2.45, 2.75) is 13.0 Å². The van der Waals surface area contributed by atoms with Crippen LogP contribution in [-0.2, 0) is 0 Å². The van der Waals surface area contributed by atoms with Crippen molar-refractivity contribution in [1.29, 1.82) is 0 Å². The SMILES string of the molecule is CCOc1ccc(C(NN)c2cccnc2OC)cc1. The molecule has 0 amide bonds. The van der Waals surface area contributed by atoms with Crippen LogP contribution < -0.4 is 20.7 Å². The Kier molecular flexibility index (Phi) is 4.92. The molecule has 0 saturated heterocycles. The second kappa shape index (κ2) is 6.88. The highest BCUT2D eigenvalue weighted by Crippen LogP contribution is 2.28. The molecule has 0 aliphatic heterocycles. The molecule has 1 atom stereocenters. The molecule has 106 valence electrons. The summed E-state index contributed by atoms with van der Waals surface area (Å²) in [5, 5.41) is 0. The van der Waals surface area contributed by atoms with Gasteiger partial charge in [-0.25, -0.2) is 10.4 Å². The topological polar surface area (TPSA) is 69.4 Å². The molecule has 20 heavy (non-hydrogen) atoms. The minimum Gasteiger partial charge on any atom is -0.494 e. The molecular weight excluding hydrogens is 254 g/mol. The van der Waals surface area contributed by atoms with E-state index in [1.165, 1.54) is 0 Å². The zero-order valence-corrected chi connectivity index (χ0v) is 11.7. The standard InChI is InChI=1S/C15H19N3O2/c1-3-20-12-8-6-11(7-9-12)14(18-16)13-5-4-10-17-15(13)19-2/h4-10,14,18H,3,16H2,1-2H3. The summed E-state index contributed by atoms with van der Waals surface area (Å²) in [4.78, 5) is 4.20. The van der Waals surface area contributed by atoms with Gasteiger partial charge in [0.2, 0.25) is 5.88 Å². The third kappa shape index (κ3) is 3.07. The first-order valence-corrected chi connectivity index (χ1v) is 6.48. The van der Waals surface area contributed by atoms with Crippen LogP contribution in [-0.4, -0.2) is 18.7 Å². The van der Waals surface area contributed by atoms with Crippen LogP contribution in [0.3, 0.4) is 0 Å². The highest BCUT2D eigenvalue weighted by Gasteiger charge is 2.17. The van der Waals surface area contributed by atoms with E-state index in [1.807, 2.05) is 43.3 Å². The predicted octanol–water partition coefficient (Wildman–Crippen LogP) is 2.04. The summed E-state index contributed by atoms with van der Waals surface area (Å²) < 4.78 is 10.7. The number of hydrazine groups is 1. The molecule has 1 heterocycles. The zero-order chi connectivity index (χ0) is 14.4. The quantitative estimate of drug-likeness (QED) is 0.622. The smallest absolute Gasteiger partial charge is 0.218 e. The number of methoxy groups -OCH3 is 1. The van der Waals surface area contributed by atoms with E-state index in [2.05, 4.69) is 10.4 Å². The van der Waals surface area contributed by atoms with Gasteiger partial charge in [0.15, 0.2) is 0 Å². The molecule has 0 saturated carbocycles. The molecule has 1 aromatic carbocycles. The van der Waals surface area contributed by atoms with E-state index in [9.17, 15) is 0 Å². The van der Waals surface area contributed by atoms with Crippen LogP contribution in [0.1, 0.15) is 24.1 Å². The van der Waals surface area contributed by atoms with Gasteiger partial charge in [-0.15, -0.1) is 0 Å². The van der Waals surface area contributed by atoms with E-state index < -0.39 is 0 Å². The van der Waals surface area contributed by atoms with Crippen LogP contribution in [0.2, 0.25) is 0 Å². The summed E-state index contributed by atoms with van der Waals surface area (Å²) in [6.07, 6.45) is 1.69. The van der Waals surface area contributed by atoms with Crippen molar-refractivity contribution < 1.29 is 9.47 Å². The van der Waals surface area contributed by atoms with Gasteiger partial charge in [0.05, 0.1) is 19.8 Å². The van der Waals surface area contributed by atoms with Gasteiger partial charge >= 0.3 is 0 Å². The third-order valence-electron chi connectivity index (χ3n) is 3.00. The summed E-state index contributed by atoms with van der Waals surface area (Å²) in [5.41, 5.74) is 4.71. The molecule has 0 aliphatic carbocycles. The average molecular weight is 273 g/mol. The summed E-state index contributed by atoms with van der Waals surface area (Å²) in [6.45, 7) is 2.60. The molecule has 0 radical (unpaired) electrons. The summed E-state index contributed by atoms with van der Waals surface area (Å²) >= 11 is 0. The molecule has 0 fully saturated rings. The Labute approximate surface area is 118 Å². The van der Waals surface area contributed by atoms with E-state index in [1.54, 1.807) is 13.3 Å². The highest BCUT2D eigenvalue weighted by atomic mass is 16.5. The molecule has 2 aromatic rings. The highest BCUT2D eigenvalue weighted by molar-refractivity contribution is 5.39. The second-order valence-electron chi connectivity index (χ2n) is 4.20. The van der Waals surface area contributed by atoms with Gasteiger partial charge in [-0.05, 0) is 30.7 Å². The Hall–Kier alpha value is -2.11. The normalized spacial score (nSPS) is 11.9. The van der Waals surface area contributed by atoms with Gasteiger partial charge in [-0.2, -0.15) is 0 Å². The number of benzene rings is 1. The fourth-order valence-electron chi connectivity index (χ4n) is 2.08. The van der Waals surface area contributed by atoms with Gasteiger partial charge in [0.1, 0.15) is 5.75 Å². The van der Waals surface area contributed by atoms with E-state index in [4.69, 9.17) is 15.3 Å². The van der Waals surface area contributed by atoms with Gasteiger partial charge in [-0.3, -0.25) is 5.84 Å². The number of nitrogens with two attached hydrogens (primary N) is 1. The van der Waals surface area contributed by atoms with Crippen molar-refractivity contribution in [2.24, 2.45) is 5.84 Å². The number of pyridine rings is 1. The number of aromatic nitrogens is 1. The number of hydrogen-bond donors (Lipinski definition) is 2.